The maximum atomic E-state index is 13.6. The lowest BCUT2D eigenvalue weighted by Gasteiger charge is -2.16. The Morgan fingerprint density at radius 2 is 2.06 bits per heavy atom. The third-order valence-electron chi connectivity index (χ3n) is 2.35. The lowest BCUT2D eigenvalue weighted by Crippen LogP contribution is -2.28. The smallest absolute Gasteiger partial charge is 0.335 e. The summed E-state index contributed by atoms with van der Waals surface area (Å²) in [6, 6.07) is 3.28. The normalized spacial score (nSPS) is 10.1. The Bertz CT molecular complexity index is 445. The fourth-order valence-electron chi connectivity index (χ4n) is 1.46. The van der Waals surface area contributed by atoms with Crippen LogP contribution in [0.15, 0.2) is 18.2 Å². The van der Waals surface area contributed by atoms with Crippen molar-refractivity contribution in [2.75, 3.05) is 13.6 Å². The first-order valence-corrected chi connectivity index (χ1v) is 5.25. The second-order valence-corrected chi connectivity index (χ2v) is 3.73. The van der Waals surface area contributed by atoms with Crippen molar-refractivity contribution in [2.45, 2.75) is 13.3 Å². The van der Waals surface area contributed by atoms with E-state index < -0.39 is 17.7 Å². The van der Waals surface area contributed by atoms with Gasteiger partial charge in [0.25, 0.3) is 5.91 Å². The highest BCUT2D eigenvalue weighted by Gasteiger charge is 2.17. The highest BCUT2D eigenvalue weighted by Crippen LogP contribution is 2.12. The first-order valence-electron chi connectivity index (χ1n) is 5.25. The summed E-state index contributed by atoms with van der Waals surface area (Å²) in [5, 5.41) is 8.67. The van der Waals surface area contributed by atoms with Crippen molar-refractivity contribution in [3.63, 3.8) is 0 Å². The van der Waals surface area contributed by atoms with E-state index in [0.717, 1.165) is 12.5 Å². The molecular weight excluding hydrogens is 225 g/mol. The molecule has 0 aliphatic rings. The van der Waals surface area contributed by atoms with Gasteiger partial charge in [-0.15, -0.1) is 0 Å². The minimum Gasteiger partial charge on any atom is -0.478 e. The number of carboxylic acids is 1. The molecule has 0 fully saturated rings. The van der Waals surface area contributed by atoms with E-state index in [1.165, 1.54) is 17.0 Å². The van der Waals surface area contributed by atoms with Crippen LogP contribution in [-0.2, 0) is 0 Å². The van der Waals surface area contributed by atoms with E-state index in [-0.39, 0.29) is 11.1 Å². The summed E-state index contributed by atoms with van der Waals surface area (Å²) < 4.78 is 13.6. The Hall–Kier alpha value is -1.91. The molecule has 1 aromatic carbocycles. The van der Waals surface area contributed by atoms with Crippen molar-refractivity contribution in [3.05, 3.63) is 35.1 Å². The summed E-state index contributed by atoms with van der Waals surface area (Å²) in [6.45, 7) is 2.44. The van der Waals surface area contributed by atoms with Gasteiger partial charge in [-0.25, -0.2) is 9.18 Å². The summed E-state index contributed by atoms with van der Waals surface area (Å²) in [5.41, 5.74) is -0.275. The Morgan fingerprint density at radius 3 is 2.53 bits per heavy atom. The van der Waals surface area contributed by atoms with E-state index in [1.54, 1.807) is 7.05 Å². The van der Waals surface area contributed by atoms with Gasteiger partial charge in [0.1, 0.15) is 5.82 Å². The molecule has 0 radical (unpaired) electrons. The number of carbonyl (C=O) groups is 2. The second kappa shape index (κ2) is 5.43. The topological polar surface area (TPSA) is 57.6 Å². The zero-order chi connectivity index (χ0) is 13.0. The predicted octanol–water partition coefficient (Wildman–Crippen LogP) is 2.01. The van der Waals surface area contributed by atoms with Gasteiger partial charge in [-0.1, -0.05) is 6.92 Å². The molecule has 1 rings (SSSR count). The molecule has 4 nitrogen and oxygen atoms in total. The number of rotatable bonds is 4. The molecule has 17 heavy (non-hydrogen) atoms. The van der Waals surface area contributed by atoms with E-state index in [2.05, 4.69) is 0 Å². The van der Waals surface area contributed by atoms with Gasteiger partial charge in [-0.05, 0) is 24.6 Å². The SMILES string of the molecule is CCCN(C)C(=O)c1ccc(C(=O)O)cc1F. The fourth-order valence-corrected chi connectivity index (χ4v) is 1.46. The van der Waals surface area contributed by atoms with Crippen molar-refractivity contribution >= 4 is 11.9 Å². The van der Waals surface area contributed by atoms with E-state index in [0.29, 0.717) is 6.54 Å². The molecule has 0 aromatic heterocycles. The number of carboxylic acid groups (broad SMARTS) is 1. The first-order chi connectivity index (χ1) is 7.97. The van der Waals surface area contributed by atoms with Gasteiger partial charge >= 0.3 is 5.97 Å². The largest absolute Gasteiger partial charge is 0.478 e. The molecule has 0 atom stereocenters. The Balaban J connectivity index is 3.00. The van der Waals surface area contributed by atoms with Crippen molar-refractivity contribution in [2.24, 2.45) is 0 Å². The van der Waals surface area contributed by atoms with Gasteiger partial charge in [0, 0.05) is 13.6 Å². The molecule has 5 heteroatoms. The average molecular weight is 239 g/mol. The maximum Gasteiger partial charge on any atom is 0.335 e. The minimum absolute atomic E-state index is 0.106. The molecule has 0 unspecified atom stereocenters. The summed E-state index contributed by atoms with van der Waals surface area (Å²) in [5.74, 6) is -2.47. The first kappa shape index (κ1) is 13.2. The van der Waals surface area contributed by atoms with Crippen LogP contribution in [0.25, 0.3) is 0 Å². The van der Waals surface area contributed by atoms with Crippen LogP contribution in [0.5, 0.6) is 0 Å². The van der Waals surface area contributed by atoms with Gasteiger partial charge in [0.05, 0.1) is 11.1 Å². The summed E-state index contributed by atoms with van der Waals surface area (Å²) in [6.07, 6.45) is 0.775. The molecule has 0 heterocycles. The maximum absolute atomic E-state index is 13.6. The molecule has 0 aliphatic carbocycles. The number of hydrogen-bond acceptors (Lipinski definition) is 2. The number of halogens is 1. The lowest BCUT2D eigenvalue weighted by atomic mass is 10.1. The minimum atomic E-state index is -1.22. The third-order valence-corrected chi connectivity index (χ3v) is 2.35. The Labute approximate surface area is 98.7 Å². The highest BCUT2D eigenvalue weighted by molar-refractivity contribution is 5.96. The molecule has 0 aliphatic heterocycles. The van der Waals surface area contributed by atoms with Crippen LogP contribution in [0.4, 0.5) is 4.39 Å². The third kappa shape index (κ3) is 3.03. The number of carbonyl (C=O) groups excluding carboxylic acids is 1. The Morgan fingerprint density at radius 1 is 1.41 bits per heavy atom. The van der Waals surface area contributed by atoms with E-state index in [1.807, 2.05) is 6.92 Å². The van der Waals surface area contributed by atoms with E-state index in [9.17, 15) is 14.0 Å². The number of hydrogen-bond donors (Lipinski definition) is 1. The number of benzene rings is 1. The van der Waals surface area contributed by atoms with Gasteiger partial charge in [0.15, 0.2) is 0 Å². The highest BCUT2D eigenvalue weighted by atomic mass is 19.1. The summed E-state index contributed by atoms with van der Waals surface area (Å²) in [7, 11) is 1.58. The van der Waals surface area contributed by atoms with Crippen LogP contribution in [0.2, 0.25) is 0 Å². The standard InChI is InChI=1S/C12H14FNO3/c1-3-6-14(2)11(15)9-5-4-8(12(16)17)7-10(9)13/h4-5,7H,3,6H2,1-2H3,(H,16,17). The fraction of sp³-hybridized carbons (Fsp3) is 0.333. The van der Waals surface area contributed by atoms with Crippen molar-refractivity contribution in [3.8, 4) is 0 Å². The van der Waals surface area contributed by atoms with Crippen LogP contribution < -0.4 is 0 Å². The zero-order valence-electron chi connectivity index (χ0n) is 9.74. The average Bonchev–Trinajstić information content (AvgIpc) is 2.28. The van der Waals surface area contributed by atoms with Crippen LogP contribution >= 0.6 is 0 Å². The quantitative estimate of drug-likeness (QED) is 0.874. The van der Waals surface area contributed by atoms with Crippen molar-refractivity contribution in [1.29, 1.82) is 0 Å². The van der Waals surface area contributed by atoms with Gasteiger partial charge < -0.3 is 10.0 Å². The van der Waals surface area contributed by atoms with E-state index in [4.69, 9.17) is 5.11 Å². The van der Waals surface area contributed by atoms with Crippen LogP contribution in [-0.4, -0.2) is 35.5 Å². The molecule has 92 valence electrons. The van der Waals surface area contributed by atoms with Crippen LogP contribution in [0.1, 0.15) is 34.1 Å². The summed E-state index contributed by atoms with van der Waals surface area (Å²) >= 11 is 0. The van der Waals surface area contributed by atoms with Gasteiger partial charge in [-0.2, -0.15) is 0 Å². The van der Waals surface area contributed by atoms with Gasteiger partial charge in [-0.3, -0.25) is 4.79 Å². The molecule has 1 amide bonds. The number of amides is 1. The van der Waals surface area contributed by atoms with Crippen molar-refractivity contribution in [1.82, 2.24) is 4.90 Å². The molecular formula is C12H14FNO3. The summed E-state index contributed by atoms with van der Waals surface area (Å²) in [4.78, 5) is 23.8. The van der Waals surface area contributed by atoms with Crippen LogP contribution in [0, 0.1) is 5.82 Å². The van der Waals surface area contributed by atoms with Crippen LogP contribution in [0.3, 0.4) is 0 Å². The lowest BCUT2D eigenvalue weighted by molar-refractivity contribution is 0.0694. The molecule has 1 N–H and O–H groups in total. The Kier molecular flexibility index (Phi) is 4.20. The number of aromatic carboxylic acids is 1. The monoisotopic (exact) mass is 239 g/mol. The molecule has 1 aromatic rings. The zero-order valence-corrected chi connectivity index (χ0v) is 9.74. The second-order valence-electron chi connectivity index (χ2n) is 3.73. The predicted molar refractivity (Wildman–Crippen MR) is 60.6 cm³/mol. The van der Waals surface area contributed by atoms with E-state index >= 15 is 0 Å². The molecule has 0 saturated carbocycles. The molecule has 0 saturated heterocycles. The van der Waals surface area contributed by atoms with Crippen molar-refractivity contribution < 1.29 is 19.1 Å². The molecule has 0 spiro atoms. The number of nitrogens with zero attached hydrogens (tertiary/aromatic N) is 1. The molecule has 0 bridgehead atoms. The van der Waals surface area contributed by atoms with Gasteiger partial charge in [0.2, 0.25) is 0 Å².